The predicted molar refractivity (Wildman–Crippen MR) is 95.3 cm³/mol. The molecule has 0 N–H and O–H groups in total. The molecule has 0 unspecified atom stereocenters. The average molecular weight is 442 g/mol. The van der Waals surface area contributed by atoms with Gasteiger partial charge in [0.15, 0.2) is 9.79 Å². The Bertz CT molecular complexity index is 477. The Balaban J connectivity index is 0.000000422. The maximum Gasteiger partial charge on any atom is 0.673 e. The molecule has 0 radical (unpaired) electrons. The predicted octanol–water partition coefficient (Wildman–Crippen LogP) is 5.85. The second-order valence-electron chi connectivity index (χ2n) is 4.26. The summed E-state index contributed by atoms with van der Waals surface area (Å²) in [6.07, 6.45) is 1.29. The molecule has 0 aromatic heterocycles. The van der Waals surface area contributed by atoms with Crippen LogP contribution in [0.25, 0.3) is 0 Å². The van der Waals surface area contributed by atoms with Crippen LogP contribution in [0.3, 0.4) is 0 Å². The van der Waals surface area contributed by atoms with E-state index in [-0.39, 0.29) is 10.9 Å². The Morgan fingerprint density at radius 2 is 1.14 bits per heavy atom. The van der Waals surface area contributed by atoms with Crippen molar-refractivity contribution in [2.24, 2.45) is 0 Å². The summed E-state index contributed by atoms with van der Waals surface area (Å²) in [6, 6.07) is 21.8. The molecule has 0 atom stereocenters. The van der Waals surface area contributed by atoms with Crippen molar-refractivity contribution in [3.8, 4) is 0 Å². The second-order valence-corrected chi connectivity index (χ2v) is 7.47. The highest BCUT2D eigenvalue weighted by Crippen LogP contribution is 2.24. The van der Waals surface area contributed by atoms with Gasteiger partial charge in [-0.25, -0.2) is 0 Å². The van der Waals surface area contributed by atoms with E-state index in [0.29, 0.717) is 0 Å². The lowest BCUT2D eigenvalue weighted by molar-refractivity contribution is 0.368. The first kappa shape index (κ1) is 19.4. The molecular formula is C15H16BF4IS. The first-order valence-corrected chi connectivity index (χ1v) is 9.58. The van der Waals surface area contributed by atoms with Gasteiger partial charge in [0.25, 0.3) is 0 Å². The molecule has 0 aliphatic carbocycles. The Morgan fingerprint density at radius 3 is 1.45 bits per heavy atom. The van der Waals surface area contributed by atoms with Crippen LogP contribution in [0.1, 0.15) is 6.42 Å². The molecule has 0 aliphatic rings. The van der Waals surface area contributed by atoms with E-state index in [1.165, 1.54) is 26.4 Å². The van der Waals surface area contributed by atoms with Gasteiger partial charge < -0.3 is 17.3 Å². The van der Waals surface area contributed by atoms with Crippen LogP contribution in [0.2, 0.25) is 0 Å². The number of rotatable bonds is 5. The third-order valence-corrected chi connectivity index (χ3v) is 5.68. The third-order valence-electron chi connectivity index (χ3n) is 2.54. The zero-order valence-electron chi connectivity index (χ0n) is 11.8. The Kier molecular flexibility index (Phi) is 8.93. The summed E-state index contributed by atoms with van der Waals surface area (Å²) in [6.45, 7) is 0. The zero-order chi connectivity index (χ0) is 16.4. The van der Waals surface area contributed by atoms with Crippen molar-refractivity contribution in [3.05, 3.63) is 60.7 Å². The van der Waals surface area contributed by atoms with Crippen molar-refractivity contribution >= 4 is 40.7 Å². The molecule has 7 heteroatoms. The van der Waals surface area contributed by atoms with E-state index >= 15 is 0 Å². The van der Waals surface area contributed by atoms with Crippen molar-refractivity contribution < 1.29 is 17.3 Å². The first-order chi connectivity index (χ1) is 10.4. The molecule has 0 aliphatic heterocycles. The van der Waals surface area contributed by atoms with Gasteiger partial charge in [-0.05, 0) is 24.3 Å². The van der Waals surface area contributed by atoms with Crippen molar-refractivity contribution in [2.45, 2.75) is 16.2 Å². The van der Waals surface area contributed by atoms with Crippen LogP contribution in [0, 0.1) is 0 Å². The van der Waals surface area contributed by atoms with Gasteiger partial charge in [-0.1, -0.05) is 59.0 Å². The summed E-state index contributed by atoms with van der Waals surface area (Å²) in [5.74, 6) is 1.26. The minimum Gasteiger partial charge on any atom is -0.418 e. The lowest BCUT2D eigenvalue weighted by atomic mass is 10.3. The maximum absolute atomic E-state index is 9.75. The first-order valence-electron chi connectivity index (χ1n) is 6.66. The van der Waals surface area contributed by atoms with Crippen molar-refractivity contribution in [3.63, 3.8) is 0 Å². The smallest absolute Gasteiger partial charge is 0.418 e. The zero-order valence-corrected chi connectivity index (χ0v) is 14.7. The molecule has 0 bridgehead atoms. The molecule has 0 saturated heterocycles. The summed E-state index contributed by atoms with van der Waals surface area (Å²) < 4.78 is 40.2. The quantitative estimate of drug-likeness (QED) is 0.179. The van der Waals surface area contributed by atoms with E-state index in [9.17, 15) is 17.3 Å². The molecule has 0 amide bonds. The average Bonchev–Trinajstić information content (AvgIpc) is 2.48. The number of alkyl halides is 1. The maximum atomic E-state index is 9.75. The largest absolute Gasteiger partial charge is 0.673 e. The Labute approximate surface area is 144 Å². The van der Waals surface area contributed by atoms with Gasteiger partial charge in [-0.2, -0.15) is 0 Å². The van der Waals surface area contributed by atoms with Crippen molar-refractivity contribution in [1.82, 2.24) is 0 Å². The molecule has 2 aromatic rings. The van der Waals surface area contributed by atoms with Gasteiger partial charge in [-0.3, -0.25) is 0 Å². The highest BCUT2D eigenvalue weighted by atomic mass is 127. The Hall–Kier alpha value is -0.695. The van der Waals surface area contributed by atoms with E-state index in [4.69, 9.17) is 0 Å². The lowest BCUT2D eigenvalue weighted by Crippen LogP contribution is -2.09. The summed E-state index contributed by atoms with van der Waals surface area (Å²) in [4.78, 5) is 2.92. The van der Waals surface area contributed by atoms with E-state index in [0.717, 1.165) is 0 Å². The fourth-order valence-electron chi connectivity index (χ4n) is 1.74. The van der Waals surface area contributed by atoms with Crippen LogP contribution >= 0.6 is 22.6 Å². The van der Waals surface area contributed by atoms with Crippen LogP contribution < -0.4 is 0 Å². The normalized spacial score (nSPS) is 11.0. The van der Waals surface area contributed by atoms with Crippen molar-refractivity contribution in [1.29, 1.82) is 0 Å². The van der Waals surface area contributed by atoms with Gasteiger partial charge in [0, 0.05) is 10.8 Å². The number of halogens is 5. The topological polar surface area (TPSA) is 0 Å². The minimum absolute atomic E-state index is 0.244. The van der Waals surface area contributed by atoms with Crippen LogP contribution in [0.5, 0.6) is 0 Å². The van der Waals surface area contributed by atoms with Crippen LogP contribution in [-0.4, -0.2) is 17.4 Å². The van der Waals surface area contributed by atoms with Crippen LogP contribution in [0.15, 0.2) is 70.5 Å². The van der Waals surface area contributed by atoms with Gasteiger partial charge in [-0.15, -0.1) is 0 Å². The number of hydrogen-bond donors (Lipinski definition) is 0. The third kappa shape index (κ3) is 8.68. The highest BCUT2D eigenvalue weighted by molar-refractivity contribution is 14.1. The SMILES string of the molecule is F[B-](F)(F)F.ICCC[S+](c1ccccc1)c1ccccc1. The summed E-state index contributed by atoms with van der Waals surface area (Å²) in [5, 5.41) is 0. The van der Waals surface area contributed by atoms with Gasteiger partial charge in [0.2, 0.25) is 0 Å². The van der Waals surface area contributed by atoms with E-state index in [1.807, 2.05) is 0 Å². The van der Waals surface area contributed by atoms with Gasteiger partial charge in [0.05, 0.1) is 10.9 Å². The fraction of sp³-hybridized carbons (Fsp3) is 0.200. The monoisotopic (exact) mass is 442 g/mol. The molecule has 2 rings (SSSR count). The molecule has 0 fully saturated rings. The van der Waals surface area contributed by atoms with E-state index < -0.39 is 7.25 Å². The standard InChI is InChI=1S/C15H16IS.BF4/c16-12-7-13-17(14-8-3-1-4-9-14)15-10-5-2-6-11-15;2-1(3,4)5/h1-6,8-11H,7,12-13H2;/q+1;-1. The lowest BCUT2D eigenvalue weighted by Gasteiger charge is -2.07. The van der Waals surface area contributed by atoms with Gasteiger partial charge in [0.1, 0.15) is 5.75 Å². The summed E-state index contributed by atoms with van der Waals surface area (Å²) >= 11 is 2.46. The second kappa shape index (κ2) is 10.1. The van der Waals surface area contributed by atoms with Crippen molar-refractivity contribution in [2.75, 3.05) is 10.2 Å². The molecule has 0 saturated carbocycles. The van der Waals surface area contributed by atoms with Crippen LogP contribution in [0.4, 0.5) is 17.3 Å². The molecule has 120 valence electrons. The van der Waals surface area contributed by atoms with E-state index in [2.05, 4.69) is 83.3 Å². The minimum atomic E-state index is -6.00. The summed E-state index contributed by atoms with van der Waals surface area (Å²) in [5.41, 5.74) is 0. The molecule has 0 heterocycles. The van der Waals surface area contributed by atoms with E-state index in [1.54, 1.807) is 0 Å². The molecule has 0 nitrogen and oxygen atoms in total. The van der Waals surface area contributed by atoms with Crippen LogP contribution in [-0.2, 0) is 10.9 Å². The molecule has 22 heavy (non-hydrogen) atoms. The number of hydrogen-bond acceptors (Lipinski definition) is 0. The number of benzene rings is 2. The fourth-order valence-corrected chi connectivity index (χ4v) is 4.79. The Morgan fingerprint density at radius 1 is 0.773 bits per heavy atom. The molecule has 2 aromatic carbocycles. The highest BCUT2D eigenvalue weighted by Gasteiger charge is 2.23. The molecular weight excluding hydrogens is 426 g/mol. The van der Waals surface area contributed by atoms with Gasteiger partial charge >= 0.3 is 7.25 Å². The molecule has 0 spiro atoms. The summed E-state index contributed by atoms with van der Waals surface area (Å²) in [7, 11) is -5.76.